The van der Waals surface area contributed by atoms with Crippen LogP contribution in [0, 0.1) is 5.92 Å². The number of carbonyl (C=O) groups is 2. The molecule has 1 aromatic heterocycles. The van der Waals surface area contributed by atoms with Crippen LogP contribution in [0.1, 0.15) is 45.1 Å². The third-order valence-corrected chi connectivity index (χ3v) is 6.12. The summed E-state index contributed by atoms with van der Waals surface area (Å²) in [5.74, 6) is 0.420. The third kappa shape index (κ3) is 5.41. The molecular weight excluding hydrogens is 386 g/mol. The molecule has 1 atom stereocenters. The largest absolute Gasteiger partial charge is 0.466 e. The molecule has 7 heteroatoms. The number of benzene rings is 1. The molecule has 156 valence electrons. The highest BCUT2D eigenvalue weighted by Gasteiger charge is 2.29. The van der Waals surface area contributed by atoms with E-state index >= 15 is 0 Å². The summed E-state index contributed by atoms with van der Waals surface area (Å²) in [6.45, 7) is 7.67. The van der Waals surface area contributed by atoms with E-state index in [-0.39, 0.29) is 17.8 Å². The highest BCUT2D eigenvalue weighted by atomic mass is 32.2. The van der Waals surface area contributed by atoms with E-state index in [2.05, 4.69) is 43.1 Å². The Morgan fingerprint density at radius 3 is 2.72 bits per heavy atom. The Hall–Kier alpha value is -2.28. The van der Waals surface area contributed by atoms with Crippen molar-refractivity contribution in [1.29, 1.82) is 0 Å². The van der Waals surface area contributed by atoms with Crippen LogP contribution in [0.4, 0.5) is 0 Å². The van der Waals surface area contributed by atoms with Gasteiger partial charge in [-0.1, -0.05) is 37.7 Å². The van der Waals surface area contributed by atoms with Crippen molar-refractivity contribution in [2.45, 2.75) is 44.7 Å². The summed E-state index contributed by atoms with van der Waals surface area (Å²) >= 11 is 1.43. The highest BCUT2D eigenvalue weighted by Crippen LogP contribution is 2.24. The number of likely N-dealkylation sites (tertiary alicyclic amines) is 1. The summed E-state index contributed by atoms with van der Waals surface area (Å²) in [6, 6.07) is 8.42. The maximum absolute atomic E-state index is 12.7. The smallest absolute Gasteiger partial charge is 0.310 e. The summed E-state index contributed by atoms with van der Waals surface area (Å²) in [5.41, 5.74) is 2.32. The fraction of sp³-hybridized carbons (Fsp3) is 0.500. The average molecular weight is 416 g/mol. The van der Waals surface area contributed by atoms with Crippen LogP contribution in [0.15, 0.2) is 41.8 Å². The topological polar surface area (TPSA) is 64.4 Å². The molecule has 0 bridgehead atoms. The average Bonchev–Trinajstić information content (AvgIpc) is 3.21. The Labute approximate surface area is 176 Å². The molecule has 1 fully saturated rings. The van der Waals surface area contributed by atoms with E-state index in [0.717, 1.165) is 23.7 Å². The fourth-order valence-corrected chi connectivity index (χ4v) is 4.36. The van der Waals surface area contributed by atoms with Gasteiger partial charge < -0.3 is 9.64 Å². The first-order valence-corrected chi connectivity index (χ1v) is 11.2. The van der Waals surface area contributed by atoms with Crippen molar-refractivity contribution in [1.82, 2.24) is 14.5 Å². The monoisotopic (exact) mass is 415 g/mol. The molecule has 0 radical (unpaired) electrons. The van der Waals surface area contributed by atoms with Crippen LogP contribution in [0.3, 0.4) is 0 Å². The number of hydrogen-bond acceptors (Lipinski definition) is 5. The van der Waals surface area contributed by atoms with Gasteiger partial charge in [0.25, 0.3) is 0 Å². The molecule has 1 aliphatic heterocycles. The zero-order valence-corrected chi connectivity index (χ0v) is 18.2. The number of nitrogens with zero attached hydrogens (tertiary/aromatic N) is 3. The predicted molar refractivity (Wildman–Crippen MR) is 114 cm³/mol. The van der Waals surface area contributed by atoms with E-state index in [1.165, 1.54) is 17.3 Å². The Balaban J connectivity index is 1.60. The number of carbonyl (C=O) groups excluding carboxylic acids is 2. The number of ether oxygens (including phenoxy) is 1. The summed E-state index contributed by atoms with van der Waals surface area (Å²) < 4.78 is 7.12. The Bertz CT molecular complexity index is 832. The number of imidazole rings is 1. The van der Waals surface area contributed by atoms with Gasteiger partial charge in [0.05, 0.1) is 18.3 Å². The van der Waals surface area contributed by atoms with Crippen molar-refractivity contribution in [3.05, 3.63) is 42.2 Å². The summed E-state index contributed by atoms with van der Waals surface area (Å²) in [4.78, 5) is 30.9. The molecule has 2 aromatic rings. The van der Waals surface area contributed by atoms with Crippen LogP contribution in [-0.4, -0.2) is 51.8 Å². The molecule has 1 aliphatic rings. The summed E-state index contributed by atoms with van der Waals surface area (Å²) in [7, 11) is 0. The molecule has 0 saturated carbocycles. The first-order valence-electron chi connectivity index (χ1n) is 10.2. The molecular formula is C22H29N3O3S. The second-order valence-electron chi connectivity index (χ2n) is 7.55. The van der Waals surface area contributed by atoms with E-state index in [1.807, 2.05) is 10.8 Å². The molecule has 1 aromatic carbocycles. The number of aromatic nitrogens is 2. The first-order chi connectivity index (χ1) is 14.0. The fourth-order valence-electron chi connectivity index (χ4n) is 3.49. The molecule has 1 amide bonds. The molecule has 29 heavy (non-hydrogen) atoms. The number of hydrogen-bond donors (Lipinski definition) is 0. The molecule has 3 rings (SSSR count). The summed E-state index contributed by atoms with van der Waals surface area (Å²) in [5, 5.41) is 0.787. The van der Waals surface area contributed by atoms with Gasteiger partial charge in [-0.05, 0) is 43.4 Å². The van der Waals surface area contributed by atoms with Gasteiger partial charge in [-0.15, -0.1) is 0 Å². The van der Waals surface area contributed by atoms with Crippen molar-refractivity contribution in [3.8, 4) is 5.69 Å². The molecule has 0 aliphatic carbocycles. The Morgan fingerprint density at radius 1 is 1.28 bits per heavy atom. The van der Waals surface area contributed by atoms with Crippen LogP contribution in [-0.2, 0) is 14.3 Å². The van der Waals surface area contributed by atoms with Crippen LogP contribution >= 0.6 is 11.8 Å². The van der Waals surface area contributed by atoms with Crippen LogP contribution < -0.4 is 0 Å². The SMILES string of the molecule is CCOC(=O)[C@@H]1CCCN(C(=O)CSc2nccn2-c2ccc(C(C)C)cc2)C1. The van der Waals surface area contributed by atoms with Crippen LogP contribution in [0.25, 0.3) is 5.69 Å². The minimum Gasteiger partial charge on any atom is -0.466 e. The van der Waals surface area contributed by atoms with Crippen molar-refractivity contribution in [2.75, 3.05) is 25.4 Å². The van der Waals surface area contributed by atoms with Gasteiger partial charge in [0.15, 0.2) is 5.16 Å². The zero-order valence-electron chi connectivity index (χ0n) is 17.3. The molecule has 2 heterocycles. The molecule has 0 spiro atoms. The van der Waals surface area contributed by atoms with Gasteiger partial charge in [0, 0.05) is 31.2 Å². The second kappa shape index (κ2) is 9.96. The van der Waals surface area contributed by atoms with E-state index in [4.69, 9.17) is 4.74 Å². The van der Waals surface area contributed by atoms with E-state index in [1.54, 1.807) is 18.0 Å². The van der Waals surface area contributed by atoms with E-state index in [0.29, 0.717) is 31.4 Å². The predicted octanol–water partition coefficient (Wildman–Crippen LogP) is 3.89. The lowest BCUT2D eigenvalue weighted by Crippen LogP contribution is -2.43. The van der Waals surface area contributed by atoms with Crippen molar-refractivity contribution < 1.29 is 14.3 Å². The maximum atomic E-state index is 12.7. The number of amides is 1. The van der Waals surface area contributed by atoms with Gasteiger partial charge in [0.2, 0.25) is 5.91 Å². The van der Waals surface area contributed by atoms with Gasteiger partial charge in [-0.3, -0.25) is 14.2 Å². The van der Waals surface area contributed by atoms with Crippen molar-refractivity contribution in [3.63, 3.8) is 0 Å². The molecule has 0 N–H and O–H groups in total. The second-order valence-corrected chi connectivity index (χ2v) is 8.49. The molecule has 1 saturated heterocycles. The number of piperidine rings is 1. The van der Waals surface area contributed by atoms with Gasteiger partial charge in [0.1, 0.15) is 0 Å². The van der Waals surface area contributed by atoms with Crippen LogP contribution in [0.5, 0.6) is 0 Å². The zero-order chi connectivity index (χ0) is 20.8. The first kappa shape index (κ1) is 21.4. The maximum Gasteiger partial charge on any atom is 0.310 e. The van der Waals surface area contributed by atoms with Crippen molar-refractivity contribution >= 4 is 23.6 Å². The van der Waals surface area contributed by atoms with E-state index < -0.39 is 0 Å². The lowest BCUT2D eigenvalue weighted by atomic mass is 9.98. The van der Waals surface area contributed by atoms with Crippen molar-refractivity contribution in [2.24, 2.45) is 5.92 Å². The van der Waals surface area contributed by atoms with Crippen LogP contribution in [0.2, 0.25) is 0 Å². The minimum absolute atomic E-state index is 0.0358. The lowest BCUT2D eigenvalue weighted by Gasteiger charge is -2.31. The number of thioether (sulfide) groups is 1. The molecule has 0 unspecified atom stereocenters. The Morgan fingerprint density at radius 2 is 2.03 bits per heavy atom. The highest BCUT2D eigenvalue weighted by molar-refractivity contribution is 7.99. The lowest BCUT2D eigenvalue weighted by molar-refractivity contribution is -0.151. The Kier molecular flexibility index (Phi) is 7.36. The third-order valence-electron chi connectivity index (χ3n) is 5.16. The van der Waals surface area contributed by atoms with Gasteiger partial charge in [-0.25, -0.2) is 4.98 Å². The standard InChI is InChI=1S/C22H29N3O3S/c1-4-28-21(27)18-6-5-12-24(14-18)20(26)15-29-22-23-11-13-25(22)19-9-7-17(8-10-19)16(2)3/h7-11,13,16,18H,4-6,12,14-15H2,1-3H3/t18-/m1/s1. The number of esters is 1. The quantitative estimate of drug-likeness (QED) is 0.507. The van der Waals surface area contributed by atoms with Gasteiger partial charge in [-0.2, -0.15) is 0 Å². The molecule has 6 nitrogen and oxygen atoms in total. The summed E-state index contributed by atoms with van der Waals surface area (Å²) in [6.07, 6.45) is 5.28. The van der Waals surface area contributed by atoms with Gasteiger partial charge >= 0.3 is 5.97 Å². The normalized spacial score (nSPS) is 16.8. The van der Waals surface area contributed by atoms with E-state index in [9.17, 15) is 9.59 Å². The number of rotatable bonds is 7. The minimum atomic E-state index is -0.209.